The summed E-state index contributed by atoms with van der Waals surface area (Å²) in [6.07, 6.45) is 0.944. The smallest absolute Gasteiger partial charge is 0.313 e. The van der Waals surface area contributed by atoms with Gasteiger partial charge in [-0.2, -0.15) is 0 Å². The van der Waals surface area contributed by atoms with Gasteiger partial charge in [0.05, 0.1) is 13.1 Å². The SMILES string of the molecule is CCc1ccc(NC(=O)C(=O)NCC[NH+]2CC[NH+](Cc3ccccc3)CC2)cc1. The molecule has 3 rings (SSSR count). The van der Waals surface area contributed by atoms with E-state index in [0.717, 1.165) is 45.7 Å². The molecule has 0 spiro atoms. The number of hydrogen-bond donors (Lipinski definition) is 4. The highest BCUT2D eigenvalue weighted by molar-refractivity contribution is 6.39. The number of carbonyl (C=O) groups excluding carboxylic acids is 2. The van der Waals surface area contributed by atoms with Crippen LogP contribution in [0.25, 0.3) is 0 Å². The van der Waals surface area contributed by atoms with Crippen LogP contribution >= 0.6 is 0 Å². The second-order valence-corrected chi connectivity index (χ2v) is 7.67. The van der Waals surface area contributed by atoms with Crippen molar-refractivity contribution in [3.05, 3.63) is 65.7 Å². The summed E-state index contributed by atoms with van der Waals surface area (Å²) < 4.78 is 0. The normalized spacial score (nSPS) is 18.8. The predicted molar refractivity (Wildman–Crippen MR) is 114 cm³/mol. The summed E-state index contributed by atoms with van der Waals surface area (Å²) in [6, 6.07) is 18.2. The minimum Gasteiger partial charge on any atom is -0.342 e. The third-order valence-corrected chi connectivity index (χ3v) is 5.55. The monoisotopic (exact) mass is 396 g/mol. The zero-order valence-corrected chi connectivity index (χ0v) is 17.2. The second kappa shape index (κ2) is 10.7. The lowest BCUT2D eigenvalue weighted by Gasteiger charge is -2.29. The Morgan fingerprint density at radius 3 is 2.14 bits per heavy atom. The number of anilines is 1. The van der Waals surface area contributed by atoms with Gasteiger partial charge < -0.3 is 20.4 Å². The van der Waals surface area contributed by atoms with Gasteiger partial charge in [0.15, 0.2) is 0 Å². The molecule has 1 heterocycles. The molecule has 1 saturated heterocycles. The minimum atomic E-state index is -0.610. The number of amides is 2. The Bertz CT molecular complexity index is 784. The highest BCUT2D eigenvalue weighted by Crippen LogP contribution is 2.09. The van der Waals surface area contributed by atoms with Crippen molar-refractivity contribution >= 4 is 17.5 Å². The Hall–Kier alpha value is -2.70. The number of hydrogen-bond acceptors (Lipinski definition) is 2. The number of benzene rings is 2. The van der Waals surface area contributed by atoms with E-state index >= 15 is 0 Å². The molecule has 0 saturated carbocycles. The van der Waals surface area contributed by atoms with Crippen LogP contribution in [0, 0.1) is 0 Å². The predicted octanol–water partition coefficient (Wildman–Crippen LogP) is -0.713. The lowest BCUT2D eigenvalue weighted by Crippen LogP contribution is -3.27. The zero-order chi connectivity index (χ0) is 20.5. The summed E-state index contributed by atoms with van der Waals surface area (Å²) in [6.45, 7) is 8.96. The molecule has 4 N–H and O–H groups in total. The van der Waals surface area contributed by atoms with Crippen LogP contribution in [0.2, 0.25) is 0 Å². The van der Waals surface area contributed by atoms with E-state index in [1.807, 2.05) is 24.3 Å². The van der Waals surface area contributed by atoms with Gasteiger partial charge in [-0.3, -0.25) is 9.59 Å². The third kappa shape index (κ3) is 6.69. The van der Waals surface area contributed by atoms with Gasteiger partial charge in [0.1, 0.15) is 32.7 Å². The molecule has 2 aromatic rings. The molecule has 2 aromatic carbocycles. The van der Waals surface area contributed by atoms with Crippen molar-refractivity contribution in [1.82, 2.24) is 5.32 Å². The highest BCUT2D eigenvalue weighted by Gasteiger charge is 2.23. The van der Waals surface area contributed by atoms with E-state index in [9.17, 15) is 9.59 Å². The van der Waals surface area contributed by atoms with Gasteiger partial charge in [0, 0.05) is 11.3 Å². The minimum absolute atomic E-state index is 0.518. The van der Waals surface area contributed by atoms with E-state index in [1.165, 1.54) is 16.0 Å². The standard InChI is InChI=1S/C23H30N4O2/c1-2-19-8-10-21(11-9-19)25-23(29)22(28)24-12-13-26-14-16-27(17-15-26)18-20-6-4-3-5-7-20/h3-11H,2,12-18H2,1H3,(H,24,28)(H,25,29)/p+2. The molecule has 0 radical (unpaired) electrons. The summed E-state index contributed by atoms with van der Waals surface area (Å²) in [4.78, 5) is 27.2. The van der Waals surface area contributed by atoms with Crippen molar-refractivity contribution < 1.29 is 19.4 Å². The Morgan fingerprint density at radius 2 is 1.48 bits per heavy atom. The summed E-state index contributed by atoms with van der Waals surface area (Å²) in [5.74, 6) is -1.18. The van der Waals surface area contributed by atoms with Crippen LogP contribution in [0.4, 0.5) is 5.69 Å². The maximum absolute atomic E-state index is 12.0. The van der Waals surface area contributed by atoms with Crippen molar-refractivity contribution in [3.63, 3.8) is 0 Å². The molecule has 0 aromatic heterocycles. The Balaban J connectivity index is 1.32. The number of nitrogens with one attached hydrogen (secondary N) is 4. The topological polar surface area (TPSA) is 67.1 Å². The van der Waals surface area contributed by atoms with Crippen molar-refractivity contribution in [3.8, 4) is 0 Å². The van der Waals surface area contributed by atoms with Crippen LogP contribution in [-0.2, 0) is 22.6 Å². The van der Waals surface area contributed by atoms with Crippen LogP contribution in [0.15, 0.2) is 54.6 Å². The zero-order valence-electron chi connectivity index (χ0n) is 17.2. The van der Waals surface area contributed by atoms with Crippen LogP contribution in [0.3, 0.4) is 0 Å². The fourth-order valence-electron chi connectivity index (χ4n) is 3.71. The van der Waals surface area contributed by atoms with Crippen molar-refractivity contribution in [1.29, 1.82) is 0 Å². The lowest BCUT2D eigenvalue weighted by atomic mass is 10.1. The average Bonchev–Trinajstić information content (AvgIpc) is 2.76. The number of rotatable bonds is 7. The largest absolute Gasteiger partial charge is 0.342 e. The summed E-state index contributed by atoms with van der Waals surface area (Å²) in [5, 5.41) is 5.39. The molecule has 0 atom stereocenters. The molecule has 1 fully saturated rings. The summed E-state index contributed by atoms with van der Waals surface area (Å²) >= 11 is 0. The average molecular weight is 397 g/mol. The van der Waals surface area contributed by atoms with E-state index in [0.29, 0.717) is 12.2 Å². The molecule has 2 amide bonds. The number of piperazine rings is 1. The summed E-state index contributed by atoms with van der Waals surface area (Å²) in [7, 11) is 0. The van der Waals surface area contributed by atoms with Gasteiger partial charge in [-0.25, -0.2) is 0 Å². The van der Waals surface area contributed by atoms with Gasteiger partial charge in [-0.1, -0.05) is 49.4 Å². The van der Waals surface area contributed by atoms with Crippen LogP contribution in [-0.4, -0.2) is 51.1 Å². The maximum atomic E-state index is 12.0. The van der Waals surface area contributed by atoms with E-state index in [2.05, 4.69) is 47.9 Å². The Kier molecular flexibility index (Phi) is 7.78. The van der Waals surface area contributed by atoms with Crippen LogP contribution < -0.4 is 20.4 Å². The molecule has 29 heavy (non-hydrogen) atoms. The van der Waals surface area contributed by atoms with Gasteiger partial charge in [0.25, 0.3) is 0 Å². The first kappa shape index (κ1) is 21.0. The first-order valence-corrected chi connectivity index (χ1v) is 10.5. The van der Waals surface area contributed by atoms with Crippen LogP contribution in [0.1, 0.15) is 18.1 Å². The van der Waals surface area contributed by atoms with Crippen LogP contribution in [0.5, 0.6) is 0 Å². The van der Waals surface area contributed by atoms with E-state index in [1.54, 1.807) is 4.90 Å². The highest BCUT2D eigenvalue weighted by atomic mass is 16.2. The molecule has 1 aliphatic rings. The van der Waals surface area contributed by atoms with E-state index in [-0.39, 0.29) is 0 Å². The van der Waals surface area contributed by atoms with Crippen molar-refractivity contribution in [2.24, 2.45) is 0 Å². The molecular weight excluding hydrogens is 364 g/mol. The molecule has 1 aliphatic heterocycles. The Labute approximate surface area is 172 Å². The fraction of sp³-hybridized carbons (Fsp3) is 0.391. The molecule has 0 aliphatic carbocycles. The van der Waals surface area contributed by atoms with Crippen molar-refractivity contribution in [2.45, 2.75) is 19.9 Å². The van der Waals surface area contributed by atoms with E-state index in [4.69, 9.17) is 0 Å². The first-order chi connectivity index (χ1) is 14.1. The quantitative estimate of drug-likeness (QED) is 0.467. The molecule has 0 unspecified atom stereocenters. The number of aryl methyl sites for hydroxylation is 1. The first-order valence-electron chi connectivity index (χ1n) is 10.5. The molecule has 0 bridgehead atoms. The molecule has 6 nitrogen and oxygen atoms in total. The number of quaternary nitrogens is 2. The Morgan fingerprint density at radius 1 is 0.828 bits per heavy atom. The molecular formula is C23H32N4O2+2. The third-order valence-electron chi connectivity index (χ3n) is 5.55. The van der Waals surface area contributed by atoms with Crippen molar-refractivity contribution in [2.75, 3.05) is 44.6 Å². The van der Waals surface area contributed by atoms with E-state index < -0.39 is 11.8 Å². The number of carbonyl (C=O) groups is 2. The molecule has 6 heteroatoms. The summed E-state index contributed by atoms with van der Waals surface area (Å²) in [5.41, 5.74) is 3.22. The van der Waals surface area contributed by atoms with Gasteiger partial charge >= 0.3 is 11.8 Å². The fourth-order valence-corrected chi connectivity index (χ4v) is 3.71. The van der Waals surface area contributed by atoms with Gasteiger partial charge in [0.2, 0.25) is 0 Å². The lowest BCUT2D eigenvalue weighted by molar-refractivity contribution is -1.02. The molecule has 154 valence electrons. The maximum Gasteiger partial charge on any atom is 0.313 e. The second-order valence-electron chi connectivity index (χ2n) is 7.67. The van der Waals surface area contributed by atoms with Gasteiger partial charge in [-0.15, -0.1) is 0 Å². The van der Waals surface area contributed by atoms with Gasteiger partial charge in [-0.05, 0) is 24.1 Å².